The molecule has 2 heteroatoms. The van der Waals surface area contributed by atoms with Gasteiger partial charge in [-0.05, 0) is 121 Å². The number of rotatable bonds is 6. The van der Waals surface area contributed by atoms with E-state index in [4.69, 9.17) is 4.42 Å². The second kappa shape index (κ2) is 14.8. The van der Waals surface area contributed by atoms with Gasteiger partial charge in [0.15, 0.2) is 0 Å². The van der Waals surface area contributed by atoms with Crippen molar-refractivity contribution in [2.24, 2.45) is 0 Å². The highest BCUT2D eigenvalue weighted by Crippen LogP contribution is 2.59. The zero-order valence-corrected chi connectivity index (χ0v) is 35.5. The van der Waals surface area contributed by atoms with E-state index in [0.29, 0.717) is 0 Å². The van der Waals surface area contributed by atoms with Gasteiger partial charge in [-0.3, -0.25) is 0 Å². The van der Waals surface area contributed by atoms with Gasteiger partial charge in [0.25, 0.3) is 0 Å². The van der Waals surface area contributed by atoms with Gasteiger partial charge in [-0.1, -0.05) is 200 Å². The molecule has 0 aliphatic heterocycles. The average molecular weight is 828 g/mol. The molecule has 10 aromatic carbocycles. The van der Waals surface area contributed by atoms with Crippen molar-refractivity contribution >= 4 is 51.2 Å². The van der Waals surface area contributed by atoms with Gasteiger partial charge in [0.05, 0.1) is 5.41 Å². The summed E-state index contributed by atoms with van der Waals surface area (Å²) < 4.78 is 6.45. The van der Waals surface area contributed by atoms with E-state index in [9.17, 15) is 0 Å². The van der Waals surface area contributed by atoms with Crippen molar-refractivity contribution < 1.29 is 4.42 Å². The Morgan fingerprint density at radius 3 is 1.46 bits per heavy atom. The molecule has 0 bridgehead atoms. The van der Waals surface area contributed by atoms with Crippen LogP contribution in [0.2, 0.25) is 0 Å². The fourth-order valence-corrected chi connectivity index (χ4v) is 10.8. The lowest BCUT2D eigenvalue weighted by Gasteiger charge is -2.35. The smallest absolute Gasteiger partial charge is 0.143 e. The first kappa shape index (κ1) is 37.1. The predicted octanol–water partition coefficient (Wildman–Crippen LogP) is 16.9. The maximum absolute atomic E-state index is 6.45. The van der Waals surface area contributed by atoms with E-state index in [1.807, 2.05) is 12.1 Å². The van der Waals surface area contributed by atoms with Crippen molar-refractivity contribution in [1.82, 2.24) is 0 Å². The first-order valence-corrected chi connectivity index (χ1v) is 22.4. The lowest BCUT2D eigenvalue weighted by molar-refractivity contribution is 0.670. The van der Waals surface area contributed by atoms with E-state index in [0.717, 1.165) is 50.1 Å². The second-order valence-corrected chi connectivity index (χ2v) is 17.2. The molecule has 13 rings (SSSR count). The Hall–Kier alpha value is -8.46. The van der Waals surface area contributed by atoms with Gasteiger partial charge in [0.2, 0.25) is 0 Å². The summed E-state index contributed by atoms with van der Waals surface area (Å²) in [6.45, 7) is 0. The number of para-hydroxylation sites is 2. The van der Waals surface area contributed by atoms with Crippen LogP contribution in [0.3, 0.4) is 0 Å². The summed E-state index contributed by atoms with van der Waals surface area (Å²) in [6, 6.07) is 86.2. The normalized spacial score (nSPS) is 13.0. The van der Waals surface area contributed by atoms with Crippen molar-refractivity contribution in [3.8, 4) is 44.5 Å². The summed E-state index contributed by atoms with van der Waals surface area (Å²) in [5.41, 5.74) is 21.9. The molecule has 2 aliphatic rings. The molecule has 2 nitrogen and oxygen atoms in total. The summed E-state index contributed by atoms with van der Waals surface area (Å²) in [7, 11) is 0. The number of nitrogens with zero attached hydrogens (tertiary/aromatic N) is 1. The van der Waals surface area contributed by atoms with Crippen LogP contribution in [-0.2, 0) is 5.41 Å². The molecule has 0 atom stereocenters. The highest BCUT2D eigenvalue weighted by atomic mass is 16.3. The Bertz CT molecular complexity index is 3580. The third kappa shape index (κ3) is 5.81. The number of fused-ring (bicyclic) bond motifs is 12. The first-order chi connectivity index (χ1) is 32.2. The van der Waals surface area contributed by atoms with Gasteiger partial charge in [-0.25, -0.2) is 0 Å². The highest BCUT2D eigenvalue weighted by molar-refractivity contribution is 6.09. The lowest BCUT2D eigenvalue weighted by atomic mass is 9.66. The Morgan fingerprint density at radius 2 is 0.785 bits per heavy atom. The standard InChI is InChI=1S/C63H41NO/c1-2-13-42(14-3-1)43-27-34-49(35-28-43)64(51-38-31-45(32-39-51)52-19-12-20-56-55-18-7-11-24-61(55)65-62(52)56)50-36-29-44(30-37-50)48-33-40-54-53-17-6-10-23-59(53)63(60(54)41-48)57-21-8-4-15-46(57)25-26-47-16-5-9-22-58(47)63/h1-41H. The molecule has 1 heterocycles. The third-order valence-electron chi connectivity index (χ3n) is 13.7. The molecule has 0 fully saturated rings. The average Bonchev–Trinajstić information content (AvgIpc) is 3.85. The molecular formula is C63H41NO. The van der Waals surface area contributed by atoms with E-state index < -0.39 is 5.41 Å². The molecule has 0 saturated heterocycles. The van der Waals surface area contributed by atoms with Gasteiger partial charge in [-0.2, -0.15) is 0 Å². The molecule has 304 valence electrons. The molecule has 2 aliphatic carbocycles. The Morgan fingerprint density at radius 1 is 0.308 bits per heavy atom. The van der Waals surface area contributed by atoms with Crippen LogP contribution >= 0.6 is 0 Å². The minimum atomic E-state index is -0.469. The Balaban J connectivity index is 0.918. The van der Waals surface area contributed by atoms with Gasteiger partial charge in [0, 0.05) is 33.4 Å². The largest absolute Gasteiger partial charge is 0.455 e. The van der Waals surface area contributed by atoms with E-state index in [-0.39, 0.29) is 0 Å². The maximum atomic E-state index is 6.45. The third-order valence-corrected chi connectivity index (χ3v) is 13.7. The van der Waals surface area contributed by atoms with Crippen LogP contribution in [0, 0.1) is 0 Å². The lowest BCUT2D eigenvalue weighted by Crippen LogP contribution is -2.29. The van der Waals surface area contributed by atoms with Gasteiger partial charge in [-0.15, -0.1) is 0 Å². The Labute approximate surface area is 378 Å². The minimum Gasteiger partial charge on any atom is -0.455 e. The Kier molecular flexibility index (Phi) is 8.47. The molecule has 0 saturated carbocycles. The summed E-state index contributed by atoms with van der Waals surface area (Å²) >= 11 is 0. The monoisotopic (exact) mass is 827 g/mol. The topological polar surface area (TPSA) is 16.4 Å². The summed E-state index contributed by atoms with van der Waals surface area (Å²) in [6.07, 6.45) is 4.59. The zero-order valence-electron chi connectivity index (χ0n) is 35.5. The summed E-state index contributed by atoms with van der Waals surface area (Å²) in [4.78, 5) is 2.35. The fourth-order valence-electron chi connectivity index (χ4n) is 10.8. The molecule has 0 radical (unpaired) electrons. The van der Waals surface area contributed by atoms with Crippen molar-refractivity contribution in [3.63, 3.8) is 0 Å². The molecular weight excluding hydrogens is 787 g/mol. The number of furan rings is 1. The van der Waals surface area contributed by atoms with Crippen LogP contribution in [0.1, 0.15) is 33.4 Å². The molecule has 65 heavy (non-hydrogen) atoms. The van der Waals surface area contributed by atoms with Crippen LogP contribution in [-0.4, -0.2) is 0 Å². The molecule has 0 N–H and O–H groups in total. The van der Waals surface area contributed by atoms with E-state index in [2.05, 4.69) is 242 Å². The van der Waals surface area contributed by atoms with E-state index in [1.165, 1.54) is 66.8 Å². The highest BCUT2D eigenvalue weighted by Gasteiger charge is 2.48. The molecule has 0 unspecified atom stereocenters. The SMILES string of the molecule is C1=Cc2ccccc2C2(c3ccccc31)c1ccccc1-c1ccc(-c3ccc(N(c4ccc(-c5ccccc5)cc4)c4ccc(-c5cccc6c5oc5ccccc56)cc4)cc3)cc12. The van der Waals surface area contributed by atoms with Crippen molar-refractivity contribution in [1.29, 1.82) is 0 Å². The molecule has 0 amide bonds. The van der Waals surface area contributed by atoms with Crippen LogP contribution in [0.25, 0.3) is 78.6 Å². The van der Waals surface area contributed by atoms with Gasteiger partial charge < -0.3 is 9.32 Å². The van der Waals surface area contributed by atoms with Crippen LogP contribution in [0.5, 0.6) is 0 Å². The number of hydrogen-bond donors (Lipinski definition) is 0. The predicted molar refractivity (Wildman–Crippen MR) is 271 cm³/mol. The number of hydrogen-bond acceptors (Lipinski definition) is 2. The van der Waals surface area contributed by atoms with Gasteiger partial charge >= 0.3 is 0 Å². The van der Waals surface area contributed by atoms with Crippen molar-refractivity contribution in [2.75, 3.05) is 4.90 Å². The summed E-state index contributed by atoms with van der Waals surface area (Å²) in [5.74, 6) is 0. The quantitative estimate of drug-likeness (QED) is 0.166. The fraction of sp³-hybridized carbons (Fsp3) is 0.0159. The number of anilines is 3. The summed E-state index contributed by atoms with van der Waals surface area (Å²) in [5, 5.41) is 2.27. The molecule has 1 spiro atoms. The number of benzene rings is 10. The van der Waals surface area contributed by atoms with Crippen LogP contribution in [0.15, 0.2) is 241 Å². The second-order valence-electron chi connectivity index (χ2n) is 17.2. The molecule has 11 aromatic rings. The minimum absolute atomic E-state index is 0.469. The van der Waals surface area contributed by atoms with Gasteiger partial charge in [0.1, 0.15) is 11.2 Å². The van der Waals surface area contributed by atoms with Crippen molar-refractivity contribution in [2.45, 2.75) is 5.41 Å². The van der Waals surface area contributed by atoms with Crippen molar-refractivity contribution in [3.05, 3.63) is 270 Å². The van der Waals surface area contributed by atoms with Crippen LogP contribution in [0.4, 0.5) is 17.1 Å². The zero-order chi connectivity index (χ0) is 42.9. The molecule has 1 aromatic heterocycles. The van der Waals surface area contributed by atoms with Crippen LogP contribution < -0.4 is 4.90 Å². The van der Waals surface area contributed by atoms with E-state index in [1.54, 1.807) is 0 Å². The van der Waals surface area contributed by atoms with E-state index >= 15 is 0 Å². The maximum Gasteiger partial charge on any atom is 0.143 e. The first-order valence-electron chi connectivity index (χ1n) is 22.4.